The van der Waals surface area contributed by atoms with Crippen molar-refractivity contribution in [2.45, 2.75) is 96.7 Å². The summed E-state index contributed by atoms with van der Waals surface area (Å²) in [6.45, 7) is 4.63. The molecule has 2 aliphatic rings. The van der Waals surface area contributed by atoms with Crippen molar-refractivity contribution < 1.29 is 4.79 Å². The predicted molar refractivity (Wildman–Crippen MR) is 135 cm³/mol. The molecule has 3 aromatic rings. The van der Waals surface area contributed by atoms with Crippen molar-refractivity contribution in [1.29, 1.82) is 0 Å². The van der Waals surface area contributed by atoms with E-state index < -0.39 is 0 Å². The van der Waals surface area contributed by atoms with Gasteiger partial charge in [-0.25, -0.2) is 4.98 Å². The molecule has 2 fully saturated rings. The third-order valence-corrected chi connectivity index (χ3v) is 7.79. The maximum atomic E-state index is 14.1. The molecule has 4 nitrogen and oxygen atoms in total. The highest BCUT2D eigenvalue weighted by atomic mass is 16.2. The zero-order chi connectivity index (χ0) is 22.8. The molecule has 1 amide bonds. The Hall–Kier alpha value is -2.62. The minimum atomic E-state index is 0.281. The van der Waals surface area contributed by atoms with Crippen LogP contribution in [0.2, 0.25) is 0 Å². The van der Waals surface area contributed by atoms with Crippen molar-refractivity contribution in [2.75, 3.05) is 0 Å². The Labute approximate surface area is 198 Å². The standard InChI is InChI=1S/C29H37N3O/c1-21-17-18-25(22(2)19-21)29-30-26-15-9-10-16-27(26)31(29)20-28(33)32(23-11-5-3-6-12-23)24-13-7-4-8-14-24/h9-10,15-19,23-24H,3-8,11-14,20H2,1-2H3. The molecular weight excluding hydrogens is 406 g/mol. The first-order chi connectivity index (χ1) is 16.1. The third kappa shape index (κ3) is 4.58. The maximum absolute atomic E-state index is 14.1. The second kappa shape index (κ2) is 9.70. The molecule has 0 unspecified atom stereocenters. The van der Waals surface area contributed by atoms with Gasteiger partial charge in [0.25, 0.3) is 0 Å². The average molecular weight is 444 g/mol. The third-order valence-electron chi connectivity index (χ3n) is 7.79. The lowest BCUT2D eigenvalue weighted by Crippen LogP contribution is -2.50. The number of fused-ring (bicyclic) bond motifs is 1. The molecule has 0 radical (unpaired) electrons. The summed E-state index contributed by atoms with van der Waals surface area (Å²) in [6, 6.07) is 15.6. The lowest BCUT2D eigenvalue weighted by Gasteiger charge is -2.42. The molecule has 0 aliphatic heterocycles. The van der Waals surface area contributed by atoms with E-state index in [4.69, 9.17) is 4.98 Å². The molecular formula is C29H37N3O. The van der Waals surface area contributed by atoms with E-state index in [1.54, 1.807) is 0 Å². The van der Waals surface area contributed by atoms with Crippen LogP contribution in [0.5, 0.6) is 0 Å². The summed E-state index contributed by atoms with van der Waals surface area (Å²) in [5, 5.41) is 0. The van der Waals surface area contributed by atoms with Gasteiger partial charge in [-0.2, -0.15) is 0 Å². The molecule has 0 saturated heterocycles. The molecule has 0 atom stereocenters. The lowest BCUT2D eigenvalue weighted by atomic mass is 9.88. The minimum Gasteiger partial charge on any atom is -0.335 e. The molecule has 0 N–H and O–H groups in total. The van der Waals surface area contributed by atoms with E-state index in [0.717, 1.165) is 48.1 Å². The van der Waals surface area contributed by atoms with Crippen LogP contribution in [0.3, 0.4) is 0 Å². The minimum absolute atomic E-state index is 0.281. The number of amides is 1. The van der Waals surface area contributed by atoms with Gasteiger partial charge < -0.3 is 9.47 Å². The topological polar surface area (TPSA) is 38.1 Å². The van der Waals surface area contributed by atoms with Crippen molar-refractivity contribution >= 4 is 16.9 Å². The largest absolute Gasteiger partial charge is 0.335 e. The molecule has 0 spiro atoms. The summed E-state index contributed by atoms with van der Waals surface area (Å²) in [5.74, 6) is 1.19. The van der Waals surface area contributed by atoms with Crippen LogP contribution in [0.25, 0.3) is 22.4 Å². The molecule has 1 aromatic heterocycles. The number of imidazole rings is 1. The molecule has 4 heteroatoms. The van der Waals surface area contributed by atoms with E-state index in [0.29, 0.717) is 18.6 Å². The van der Waals surface area contributed by atoms with Crippen molar-refractivity contribution in [3.8, 4) is 11.4 Å². The summed E-state index contributed by atoms with van der Waals surface area (Å²) < 4.78 is 2.17. The van der Waals surface area contributed by atoms with Crippen LogP contribution in [0.1, 0.15) is 75.3 Å². The monoisotopic (exact) mass is 443 g/mol. The van der Waals surface area contributed by atoms with Gasteiger partial charge in [0.2, 0.25) is 5.91 Å². The van der Waals surface area contributed by atoms with Gasteiger partial charge >= 0.3 is 0 Å². The van der Waals surface area contributed by atoms with E-state index in [9.17, 15) is 4.79 Å². The summed E-state index contributed by atoms with van der Waals surface area (Å²) in [5.41, 5.74) is 5.58. The second-order valence-corrected chi connectivity index (χ2v) is 10.2. The number of carbonyl (C=O) groups is 1. The molecule has 2 aliphatic carbocycles. The van der Waals surface area contributed by atoms with Crippen LogP contribution in [0, 0.1) is 13.8 Å². The number of benzene rings is 2. The van der Waals surface area contributed by atoms with Gasteiger partial charge in [-0.15, -0.1) is 0 Å². The molecule has 2 saturated carbocycles. The highest BCUT2D eigenvalue weighted by Gasteiger charge is 2.33. The van der Waals surface area contributed by atoms with Gasteiger partial charge in [-0.1, -0.05) is 74.4 Å². The smallest absolute Gasteiger partial charge is 0.243 e. The van der Waals surface area contributed by atoms with Gasteiger partial charge in [0, 0.05) is 17.6 Å². The van der Waals surface area contributed by atoms with E-state index in [-0.39, 0.29) is 5.91 Å². The fraction of sp³-hybridized carbons (Fsp3) is 0.517. The van der Waals surface area contributed by atoms with E-state index in [1.165, 1.54) is 49.7 Å². The molecule has 33 heavy (non-hydrogen) atoms. The van der Waals surface area contributed by atoms with Crippen molar-refractivity contribution in [3.05, 3.63) is 53.6 Å². The Balaban J connectivity index is 1.53. The van der Waals surface area contributed by atoms with Crippen LogP contribution >= 0.6 is 0 Å². The van der Waals surface area contributed by atoms with Gasteiger partial charge in [-0.3, -0.25) is 4.79 Å². The van der Waals surface area contributed by atoms with Crippen molar-refractivity contribution in [1.82, 2.24) is 14.5 Å². The normalized spacial score (nSPS) is 18.0. The number of carbonyl (C=O) groups excluding carboxylic acids is 1. The van der Waals surface area contributed by atoms with Gasteiger partial charge in [-0.05, 0) is 57.2 Å². The Kier molecular flexibility index (Phi) is 6.52. The maximum Gasteiger partial charge on any atom is 0.243 e. The number of aromatic nitrogens is 2. The lowest BCUT2D eigenvalue weighted by molar-refractivity contribution is -0.138. The molecule has 0 bridgehead atoms. The van der Waals surface area contributed by atoms with Crippen LogP contribution < -0.4 is 0 Å². The zero-order valence-corrected chi connectivity index (χ0v) is 20.2. The number of hydrogen-bond acceptors (Lipinski definition) is 2. The van der Waals surface area contributed by atoms with Gasteiger partial charge in [0.15, 0.2) is 0 Å². The van der Waals surface area contributed by atoms with Gasteiger partial charge in [0.1, 0.15) is 12.4 Å². The first-order valence-electron chi connectivity index (χ1n) is 13.0. The Morgan fingerprint density at radius 2 is 1.55 bits per heavy atom. The number of aryl methyl sites for hydroxylation is 2. The summed E-state index contributed by atoms with van der Waals surface area (Å²) >= 11 is 0. The van der Waals surface area contributed by atoms with Crippen molar-refractivity contribution in [2.24, 2.45) is 0 Å². The molecule has 2 aromatic carbocycles. The first-order valence-corrected chi connectivity index (χ1v) is 13.0. The van der Waals surface area contributed by atoms with Crippen LogP contribution in [0.4, 0.5) is 0 Å². The fourth-order valence-corrected chi connectivity index (χ4v) is 6.15. The van der Waals surface area contributed by atoms with Gasteiger partial charge in [0.05, 0.1) is 11.0 Å². The molecule has 1 heterocycles. The van der Waals surface area contributed by atoms with Crippen molar-refractivity contribution in [3.63, 3.8) is 0 Å². The fourth-order valence-electron chi connectivity index (χ4n) is 6.15. The quantitative estimate of drug-likeness (QED) is 0.434. The first kappa shape index (κ1) is 22.2. The summed E-state index contributed by atoms with van der Waals surface area (Å²) in [7, 11) is 0. The predicted octanol–water partition coefficient (Wildman–Crippen LogP) is 6.81. The number of para-hydroxylation sites is 2. The summed E-state index contributed by atoms with van der Waals surface area (Å²) in [4.78, 5) is 21.4. The Bertz CT molecular complexity index is 1100. The number of rotatable bonds is 5. The average Bonchev–Trinajstić information content (AvgIpc) is 3.19. The molecule has 5 rings (SSSR count). The second-order valence-electron chi connectivity index (χ2n) is 10.2. The van der Waals surface area contributed by atoms with Crippen LogP contribution in [-0.2, 0) is 11.3 Å². The van der Waals surface area contributed by atoms with Crippen LogP contribution in [-0.4, -0.2) is 32.4 Å². The number of nitrogens with zero attached hydrogens (tertiary/aromatic N) is 3. The van der Waals surface area contributed by atoms with E-state index in [2.05, 4.69) is 59.7 Å². The molecule has 174 valence electrons. The Morgan fingerprint density at radius 3 is 2.18 bits per heavy atom. The van der Waals surface area contributed by atoms with E-state index >= 15 is 0 Å². The van der Waals surface area contributed by atoms with Crippen LogP contribution in [0.15, 0.2) is 42.5 Å². The Morgan fingerprint density at radius 1 is 0.909 bits per heavy atom. The zero-order valence-electron chi connectivity index (χ0n) is 20.2. The summed E-state index contributed by atoms with van der Waals surface area (Å²) in [6.07, 6.45) is 12.3. The highest BCUT2D eigenvalue weighted by molar-refractivity contribution is 5.85. The number of hydrogen-bond donors (Lipinski definition) is 0. The highest BCUT2D eigenvalue weighted by Crippen LogP contribution is 2.32. The SMILES string of the molecule is Cc1ccc(-c2nc3ccccc3n2CC(=O)N(C2CCCCC2)C2CCCCC2)c(C)c1. The van der Waals surface area contributed by atoms with E-state index in [1.807, 2.05) is 6.07 Å².